The summed E-state index contributed by atoms with van der Waals surface area (Å²) in [6.07, 6.45) is 0. The Labute approximate surface area is 236 Å². The molecule has 1 aliphatic rings. The molecule has 4 aromatic rings. The molecule has 1 atom stereocenters. The van der Waals surface area contributed by atoms with Crippen molar-refractivity contribution in [1.29, 1.82) is 5.26 Å². The van der Waals surface area contributed by atoms with Gasteiger partial charge in [-0.05, 0) is 72.6 Å². The Kier molecular flexibility index (Phi) is 7.90. The Morgan fingerprint density at radius 1 is 0.950 bits per heavy atom. The van der Waals surface area contributed by atoms with Crippen LogP contribution in [0, 0.1) is 11.3 Å². The molecule has 7 nitrogen and oxygen atoms in total. The number of allylic oxidation sites excluding steroid dienone is 1. The van der Waals surface area contributed by atoms with Crippen molar-refractivity contribution in [2.45, 2.75) is 19.4 Å². The molecule has 1 heterocycles. The van der Waals surface area contributed by atoms with Crippen LogP contribution in [0.5, 0.6) is 23.0 Å². The maximum absolute atomic E-state index is 12.7. The average Bonchev–Trinajstić information content (AvgIpc) is 2.97. The van der Waals surface area contributed by atoms with Crippen LogP contribution in [0.1, 0.15) is 39.9 Å². The molecule has 1 aliphatic heterocycles. The Balaban J connectivity index is 1.38. The third-order valence-electron chi connectivity index (χ3n) is 6.31. The van der Waals surface area contributed by atoms with Crippen molar-refractivity contribution in [3.63, 3.8) is 0 Å². The molecule has 5 rings (SSSR count). The van der Waals surface area contributed by atoms with Gasteiger partial charge in [-0.3, -0.25) is 0 Å². The minimum Gasteiger partial charge on any atom is -0.494 e. The van der Waals surface area contributed by atoms with Gasteiger partial charge in [-0.2, -0.15) is 5.26 Å². The molecule has 0 saturated carbocycles. The number of rotatable bonds is 8. The van der Waals surface area contributed by atoms with Crippen LogP contribution < -0.4 is 24.7 Å². The monoisotopic (exact) mass is 552 g/mol. The largest absolute Gasteiger partial charge is 0.494 e. The maximum Gasteiger partial charge on any atom is 0.343 e. The smallest absolute Gasteiger partial charge is 0.343 e. The molecule has 0 aliphatic carbocycles. The van der Waals surface area contributed by atoms with Gasteiger partial charge >= 0.3 is 5.97 Å². The number of hydrogen-bond donors (Lipinski definition) is 1. The predicted molar refractivity (Wildman–Crippen MR) is 151 cm³/mol. The van der Waals surface area contributed by atoms with Crippen LogP contribution in [0.15, 0.2) is 102 Å². The van der Waals surface area contributed by atoms with Crippen molar-refractivity contribution < 1.29 is 23.7 Å². The number of hydrogen-bond acceptors (Lipinski definition) is 7. The first-order chi connectivity index (χ1) is 19.4. The zero-order valence-electron chi connectivity index (χ0n) is 21.6. The number of esters is 1. The van der Waals surface area contributed by atoms with Crippen LogP contribution in [-0.2, 0) is 6.61 Å². The molecule has 200 valence electrons. The Bertz CT molecular complexity index is 1610. The summed E-state index contributed by atoms with van der Waals surface area (Å²) in [5.74, 6) is 0.948. The number of fused-ring (bicyclic) bond motifs is 1. The molecule has 0 radical (unpaired) electrons. The standard InChI is InChI=1S/C32H25ClN2O5/c1-2-37-24-12-8-21(9-13-24)32(36)39-26-14-15-27-29(17-26)40-31(35)28(18-34)30(27)22-4-3-5-25(16-22)38-19-20-6-10-23(33)11-7-20/h3-17,30H,2,19,35H2,1H3. The summed E-state index contributed by atoms with van der Waals surface area (Å²) in [5.41, 5.74) is 9.31. The molecular formula is C32H25ClN2O5. The van der Waals surface area contributed by atoms with Gasteiger partial charge in [-0.25, -0.2) is 4.79 Å². The highest BCUT2D eigenvalue weighted by molar-refractivity contribution is 6.30. The van der Waals surface area contributed by atoms with Crippen LogP contribution in [0.2, 0.25) is 5.02 Å². The summed E-state index contributed by atoms with van der Waals surface area (Å²) >= 11 is 5.97. The number of carbonyl (C=O) groups excluding carboxylic acids is 1. The van der Waals surface area contributed by atoms with Gasteiger partial charge in [0.15, 0.2) is 0 Å². The lowest BCUT2D eigenvalue weighted by Crippen LogP contribution is -2.21. The summed E-state index contributed by atoms with van der Waals surface area (Å²) in [6.45, 7) is 2.78. The number of halogens is 1. The molecule has 0 spiro atoms. The third kappa shape index (κ3) is 5.88. The van der Waals surface area contributed by atoms with Gasteiger partial charge in [0.1, 0.15) is 41.2 Å². The van der Waals surface area contributed by atoms with E-state index < -0.39 is 11.9 Å². The normalized spacial score (nSPS) is 14.0. The van der Waals surface area contributed by atoms with Gasteiger partial charge in [0.2, 0.25) is 5.88 Å². The van der Waals surface area contributed by atoms with Crippen LogP contribution in [0.25, 0.3) is 0 Å². The first kappa shape index (κ1) is 26.7. The molecule has 2 N–H and O–H groups in total. The first-order valence-electron chi connectivity index (χ1n) is 12.6. The van der Waals surface area contributed by atoms with Crippen LogP contribution in [0.3, 0.4) is 0 Å². The molecule has 0 amide bonds. The number of benzene rings is 4. The van der Waals surface area contributed by atoms with Crippen molar-refractivity contribution in [2.24, 2.45) is 5.73 Å². The molecule has 0 fully saturated rings. The SMILES string of the molecule is CCOc1ccc(C(=O)Oc2ccc3c(c2)OC(N)=C(C#N)C3c2cccc(OCc3ccc(Cl)cc3)c2)cc1. The Morgan fingerprint density at radius 3 is 2.42 bits per heavy atom. The van der Waals surface area contributed by atoms with E-state index in [0.29, 0.717) is 46.6 Å². The van der Waals surface area contributed by atoms with E-state index in [1.165, 1.54) is 0 Å². The predicted octanol–water partition coefficient (Wildman–Crippen LogP) is 6.76. The number of ether oxygens (including phenoxy) is 4. The van der Waals surface area contributed by atoms with E-state index in [1.807, 2.05) is 55.5 Å². The minimum absolute atomic E-state index is 0.0116. The summed E-state index contributed by atoms with van der Waals surface area (Å²) < 4.78 is 22.8. The summed E-state index contributed by atoms with van der Waals surface area (Å²) in [4.78, 5) is 12.7. The lowest BCUT2D eigenvalue weighted by molar-refractivity contribution is 0.0734. The average molecular weight is 553 g/mol. The van der Waals surface area contributed by atoms with Gasteiger partial charge in [0, 0.05) is 16.7 Å². The van der Waals surface area contributed by atoms with Gasteiger partial charge in [0.05, 0.1) is 18.1 Å². The zero-order valence-corrected chi connectivity index (χ0v) is 22.4. The van der Waals surface area contributed by atoms with Crippen molar-refractivity contribution in [2.75, 3.05) is 6.61 Å². The van der Waals surface area contributed by atoms with E-state index in [1.54, 1.807) is 42.5 Å². The van der Waals surface area contributed by atoms with Crippen LogP contribution >= 0.6 is 11.6 Å². The molecule has 0 aromatic heterocycles. The second kappa shape index (κ2) is 11.9. The molecule has 0 bridgehead atoms. The molecule has 40 heavy (non-hydrogen) atoms. The molecule has 0 saturated heterocycles. The summed E-state index contributed by atoms with van der Waals surface area (Å²) in [7, 11) is 0. The second-order valence-electron chi connectivity index (χ2n) is 8.96. The quantitative estimate of drug-likeness (QED) is 0.190. The highest BCUT2D eigenvalue weighted by Crippen LogP contribution is 2.44. The Morgan fingerprint density at radius 2 is 1.70 bits per heavy atom. The van der Waals surface area contributed by atoms with Crippen molar-refractivity contribution in [3.05, 3.63) is 130 Å². The first-order valence-corrected chi connectivity index (χ1v) is 13.0. The number of nitriles is 1. The lowest BCUT2D eigenvalue weighted by atomic mass is 9.83. The fraction of sp³-hybridized carbons (Fsp3) is 0.125. The lowest BCUT2D eigenvalue weighted by Gasteiger charge is -2.27. The van der Waals surface area contributed by atoms with Gasteiger partial charge in [0.25, 0.3) is 0 Å². The molecule has 4 aromatic carbocycles. The highest BCUT2D eigenvalue weighted by Gasteiger charge is 2.31. The molecular weight excluding hydrogens is 528 g/mol. The summed E-state index contributed by atoms with van der Waals surface area (Å²) in [6, 6.07) is 28.8. The summed E-state index contributed by atoms with van der Waals surface area (Å²) in [5, 5.41) is 10.6. The second-order valence-corrected chi connectivity index (χ2v) is 9.40. The third-order valence-corrected chi connectivity index (χ3v) is 6.56. The van der Waals surface area contributed by atoms with Crippen molar-refractivity contribution in [3.8, 4) is 29.1 Å². The van der Waals surface area contributed by atoms with Gasteiger partial charge in [-0.15, -0.1) is 0 Å². The van der Waals surface area contributed by atoms with Crippen molar-refractivity contribution >= 4 is 17.6 Å². The molecule has 8 heteroatoms. The van der Waals surface area contributed by atoms with E-state index in [0.717, 1.165) is 11.1 Å². The highest BCUT2D eigenvalue weighted by atomic mass is 35.5. The Hall–Kier alpha value is -4.93. The zero-order chi connectivity index (χ0) is 28.1. The van der Waals surface area contributed by atoms with Crippen molar-refractivity contribution in [1.82, 2.24) is 0 Å². The van der Waals surface area contributed by atoms with E-state index in [9.17, 15) is 10.1 Å². The fourth-order valence-corrected chi connectivity index (χ4v) is 4.52. The van der Waals surface area contributed by atoms with E-state index >= 15 is 0 Å². The van der Waals surface area contributed by atoms with Crippen LogP contribution in [0.4, 0.5) is 0 Å². The van der Waals surface area contributed by atoms with E-state index in [-0.39, 0.29) is 17.2 Å². The van der Waals surface area contributed by atoms with Gasteiger partial charge in [-0.1, -0.05) is 41.9 Å². The maximum atomic E-state index is 12.7. The number of nitrogens with zero attached hydrogens (tertiary/aromatic N) is 1. The number of nitrogens with two attached hydrogens (primary N) is 1. The van der Waals surface area contributed by atoms with E-state index in [4.69, 9.17) is 36.3 Å². The van der Waals surface area contributed by atoms with Gasteiger partial charge < -0.3 is 24.7 Å². The van der Waals surface area contributed by atoms with E-state index in [2.05, 4.69) is 6.07 Å². The number of carbonyl (C=O) groups is 1. The van der Waals surface area contributed by atoms with Crippen LogP contribution in [-0.4, -0.2) is 12.6 Å². The fourth-order valence-electron chi connectivity index (χ4n) is 4.39. The minimum atomic E-state index is -0.526. The molecule has 1 unspecified atom stereocenters. The topological polar surface area (TPSA) is 104 Å².